The Hall–Kier alpha value is -1.51. The summed E-state index contributed by atoms with van der Waals surface area (Å²) in [5.41, 5.74) is 0. The molecule has 1 heterocycles. The Morgan fingerprint density at radius 3 is 2.93 bits per heavy atom. The number of carbonyl (C=O) groups is 1. The molecule has 2 N–H and O–H groups in total. The van der Waals surface area contributed by atoms with Gasteiger partial charge in [0, 0.05) is 6.08 Å². The second-order valence-corrected chi connectivity index (χ2v) is 3.51. The second-order valence-electron chi connectivity index (χ2n) is 3.51. The monoisotopic (exact) mass is 207 g/mol. The molecule has 0 spiro atoms. The summed E-state index contributed by atoms with van der Waals surface area (Å²) in [5, 5.41) is 11.9. The summed E-state index contributed by atoms with van der Waals surface area (Å²) in [6, 6.07) is -0.353. The fourth-order valence-corrected chi connectivity index (χ4v) is 1.31. The van der Waals surface area contributed by atoms with Crippen LogP contribution in [0.2, 0.25) is 0 Å². The van der Waals surface area contributed by atoms with Crippen LogP contribution in [0.3, 0.4) is 0 Å². The summed E-state index contributed by atoms with van der Waals surface area (Å²) in [6.07, 6.45) is 12.3. The van der Waals surface area contributed by atoms with E-state index in [9.17, 15) is 9.90 Å². The zero-order chi connectivity index (χ0) is 11.1. The quantitative estimate of drug-likeness (QED) is 0.536. The number of carbonyl (C=O) groups excluding carboxylic acids is 1. The maximum absolute atomic E-state index is 10.8. The van der Waals surface area contributed by atoms with Gasteiger partial charge in [-0.15, -0.1) is 0 Å². The van der Waals surface area contributed by atoms with Gasteiger partial charge >= 0.3 is 0 Å². The molecule has 1 rings (SSSR count). The minimum absolute atomic E-state index is 0.0817. The van der Waals surface area contributed by atoms with Crippen molar-refractivity contribution in [2.24, 2.45) is 0 Å². The van der Waals surface area contributed by atoms with E-state index in [0.717, 1.165) is 6.42 Å². The van der Waals surface area contributed by atoms with Crippen molar-refractivity contribution < 1.29 is 9.90 Å². The predicted octanol–water partition coefficient (Wildman–Crippen LogP) is 2.23. The number of amides is 1. The Labute approximate surface area is 90.2 Å². The van der Waals surface area contributed by atoms with E-state index in [-0.39, 0.29) is 17.7 Å². The highest BCUT2D eigenvalue weighted by atomic mass is 16.3. The molecular formula is C12H17NO2. The van der Waals surface area contributed by atoms with E-state index in [1.54, 1.807) is 6.08 Å². The van der Waals surface area contributed by atoms with E-state index >= 15 is 0 Å². The molecule has 0 aromatic heterocycles. The number of unbranched alkanes of at least 4 members (excludes halogenated alkanes) is 2. The molecule has 1 unspecified atom stereocenters. The molecule has 0 aliphatic carbocycles. The van der Waals surface area contributed by atoms with Crippen LogP contribution in [0.5, 0.6) is 0 Å². The summed E-state index contributed by atoms with van der Waals surface area (Å²) in [5.74, 6) is -0.157. The van der Waals surface area contributed by atoms with E-state index in [4.69, 9.17) is 0 Å². The maximum atomic E-state index is 10.8. The van der Waals surface area contributed by atoms with Crippen molar-refractivity contribution in [1.82, 2.24) is 5.32 Å². The third kappa shape index (κ3) is 4.02. The molecule has 1 aliphatic heterocycles. The molecule has 0 bridgehead atoms. The number of aliphatic hydroxyl groups is 1. The van der Waals surface area contributed by atoms with Crippen LogP contribution < -0.4 is 5.32 Å². The van der Waals surface area contributed by atoms with Crippen molar-refractivity contribution in [1.29, 1.82) is 0 Å². The van der Waals surface area contributed by atoms with Crippen molar-refractivity contribution in [3.63, 3.8) is 0 Å². The van der Waals surface area contributed by atoms with Gasteiger partial charge in [0.15, 0.2) is 0 Å². The van der Waals surface area contributed by atoms with Gasteiger partial charge in [0.25, 0.3) is 0 Å². The predicted molar refractivity (Wildman–Crippen MR) is 60.4 cm³/mol. The van der Waals surface area contributed by atoms with Crippen molar-refractivity contribution in [3.05, 3.63) is 36.1 Å². The minimum Gasteiger partial charge on any atom is -0.510 e. The SMILES string of the molecule is CCCC/C=C/C=C/C1NC(=O)C=C1O. The summed E-state index contributed by atoms with van der Waals surface area (Å²) in [7, 11) is 0. The van der Waals surface area contributed by atoms with Gasteiger partial charge in [0.1, 0.15) is 11.8 Å². The highest BCUT2D eigenvalue weighted by Gasteiger charge is 2.19. The van der Waals surface area contributed by atoms with Crippen molar-refractivity contribution in [3.8, 4) is 0 Å². The summed E-state index contributed by atoms with van der Waals surface area (Å²) in [4.78, 5) is 10.8. The molecule has 0 fully saturated rings. The first-order valence-corrected chi connectivity index (χ1v) is 5.28. The summed E-state index contributed by atoms with van der Waals surface area (Å²) < 4.78 is 0. The van der Waals surface area contributed by atoms with E-state index in [2.05, 4.69) is 18.3 Å². The van der Waals surface area contributed by atoms with Gasteiger partial charge in [0.2, 0.25) is 5.91 Å². The standard InChI is InChI=1S/C12H17NO2/c1-2-3-4-5-6-7-8-10-11(14)9-12(15)13-10/h5-10,14H,2-4H2,1H3,(H,13,15)/b6-5+,8-7+. The van der Waals surface area contributed by atoms with Crippen LogP contribution in [0.1, 0.15) is 26.2 Å². The van der Waals surface area contributed by atoms with E-state index in [1.807, 2.05) is 12.2 Å². The highest BCUT2D eigenvalue weighted by molar-refractivity contribution is 5.91. The van der Waals surface area contributed by atoms with Crippen LogP contribution >= 0.6 is 0 Å². The zero-order valence-corrected chi connectivity index (χ0v) is 8.94. The Balaban J connectivity index is 2.30. The molecule has 0 aromatic rings. The number of hydrogen-bond acceptors (Lipinski definition) is 2. The number of rotatable bonds is 5. The maximum Gasteiger partial charge on any atom is 0.248 e. The molecule has 0 saturated carbocycles. The van der Waals surface area contributed by atoms with Gasteiger partial charge in [0.05, 0.1) is 0 Å². The molecule has 82 valence electrons. The number of aliphatic hydroxyl groups excluding tert-OH is 1. The highest BCUT2D eigenvalue weighted by Crippen LogP contribution is 2.07. The molecule has 1 amide bonds. The summed E-state index contributed by atoms with van der Waals surface area (Å²) >= 11 is 0. The zero-order valence-electron chi connectivity index (χ0n) is 8.94. The lowest BCUT2D eigenvalue weighted by Crippen LogP contribution is -2.26. The smallest absolute Gasteiger partial charge is 0.248 e. The van der Waals surface area contributed by atoms with Crippen LogP contribution in [-0.4, -0.2) is 17.1 Å². The lowest BCUT2D eigenvalue weighted by Gasteiger charge is -2.03. The third-order valence-corrected chi connectivity index (χ3v) is 2.17. The van der Waals surface area contributed by atoms with E-state index in [0.29, 0.717) is 0 Å². The van der Waals surface area contributed by atoms with Gasteiger partial charge in [-0.05, 0) is 6.42 Å². The molecule has 0 aromatic carbocycles. The molecule has 0 saturated heterocycles. The Bertz CT molecular complexity index is 303. The second kappa shape index (κ2) is 6.06. The fraction of sp³-hybridized carbons (Fsp3) is 0.417. The molecular weight excluding hydrogens is 190 g/mol. The topological polar surface area (TPSA) is 49.3 Å². The van der Waals surface area contributed by atoms with Gasteiger partial charge in [-0.25, -0.2) is 0 Å². The molecule has 3 nitrogen and oxygen atoms in total. The third-order valence-electron chi connectivity index (χ3n) is 2.17. The van der Waals surface area contributed by atoms with Gasteiger partial charge in [-0.1, -0.05) is 44.1 Å². The first-order chi connectivity index (χ1) is 7.24. The van der Waals surface area contributed by atoms with Crippen LogP contribution in [0, 0.1) is 0 Å². The van der Waals surface area contributed by atoms with Gasteiger partial charge in [-0.3, -0.25) is 4.79 Å². The molecule has 3 heteroatoms. The average Bonchev–Trinajstić information content (AvgIpc) is 2.51. The van der Waals surface area contributed by atoms with Crippen LogP contribution in [0.4, 0.5) is 0 Å². The Kier molecular flexibility index (Phi) is 4.68. The first kappa shape index (κ1) is 11.6. The first-order valence-electron chi connectivity index (χ1n) is 5.28. The normalized spacial score (nSPS) is 21.3. The van der Waals surface area contributed by atoms with Gasteiger partial charge in [-0.2, -0.15) is 0 Å². The number of allylic oxidation sites excluding steroid dienone is 3. The van der Waals surface area contributed by atoms with Crippen molar-refractivity contribution in [2.75, 3.05) is 0 Å². The van der Waals surface area contributed by atoms with Crippen molar-refractivity contribution in [2.45, 2.75) is 32.2 Å². The number of hydrogen-bond donors (Lipinski definition) is 2. The largest absolute Gasteiger partial charge is 0.510 e. The average molecular weight is 207 g/mol. The van der Waals surface area contributed by atoms with Crippen LogP contribution in [-0.2, 0) is 4.79 Å². The van der Waals surface area contributed by atoms with E-state index < -0.39 is 0 Å². The number of nitrogens with one attached hydrogen (secondary N) is 1. The summed E-state index contributed by atoms with van der Waals surface area (Å²) in [6.45, 7) is 2.15. The van der Waals surface area contributed by atoms with Crippen LogP contribution in [0.25, 0.3) is 0 Å². The van der Waals surface area contributed by atoms with Gasteiger partial charge < -0.3 is 10.4 Å². The van der Waals surface area contributed by atoms with Crippen LogP contribution in [0.15, 0.2) is 36.1 Å². The minimum atomic E-state index is -0.353. The lowest BCUT2D eigenvalue weighted by atomic mass is 10.2. The van der Waals surface area contributed by atoms with Crippen molar-refractivity contribution >= 4 is 5.91 Å². The molecule has 15 heavy (non-hydrogen) atoms. The fourth-order valence-electron chi connectivity index (χ4n) is 1.31. The van der Waals surface area contributed by atoms with E-state index in [1.165, 1.54) is 18.9 Å². The Morgan fingerprint density at radius 2 is 2.33 bits per heavy atom. The molecule has 1 atom stereocenters. The lowest BCUT2D eigenvalue weighted by molar-refractivity contribution is -0.116. The molecule has 1 aliphatic rings. The molecule has 0 radical (unpaired) electrons. The Morgan fingerprint density at radius 1 is 1.53 bits per heavy atom.